The summed E-state index contributed by atoms with van der Waals surface area (Å²) in [5.41, 5.74) is 5.05. The molecule has 1 heterocycles. The summed E-state index contributed by atoms with van der Waals surface area (Å²) in [6.45, 7) is 0. The summed E-state index contributed by atoms with van der Waals surface area (Å²) in [7, 11) is 3.10. The van der Waals surface area contributed by atoms with Crippen LogP contribution in [0.5, 0.6) is 0 Å². The molecule has 0 bridgehead atoms. The molecule has 1 aromatic rings. The van der Waals surface area contributed by atoms with Crippen LogP contribution in [0.15, 0.2) is 5.16 Å². The summed E-state index contributed by atoms with van der Waals surface area (Å²) in [5.74, 6) is 0.141. The van der Waals surface area contributed by atoms with Crippen LogP contribution in [0.2, 0.25) is 0 Å². The Labute approximate surface area is 103 Å². The lowest BCUT2D eigenvalue weighted by molar-refractivity contribution is -0.137. The molecule has 8 heteroatoms. The molecule has 0 atom stereocenters. The number of thioether (sulfide) groups is 1. The Kier molecular flexibility index (Phi) is 4.95. The number of methoxy groups -OCH3 is 1. The van der Waals surface area contributed by atoms with Crippen molar-refractivity contribution < 1.29 is 14.3 Å². The number of esters is 1. The highest BCUT2D eigenvalue weighted by Gasteiger charge is 2.11. The first-order chi connectivity index (χ1) is 8.04. The SMILES string of the molecule is COC(=O)CSc1nnc(CCC(N)=O)n1C. The number of nitrogens with zero attached hydrogens (tertiary/aromatic N) is 3. The quantitative estimate of drug-likeness (QED) is 0.545. The van der Waals surface area contributed by atoms with E-state index in [1.165, 1.54) is 18.9 Å². The number of nitrogens with two attached hydrogens (primary N) is 1. The molecule has 1 rings (SSSR count). The van der Waals surface area contributed by atoms with Crippen molar-refractivity contribution in [2.24, 2.45) is 12.8 Å². The predicted octanol–water partition coefficient (Wildman–Crippen LogP) is -0.502. The zero-order valence-corrected chi connectivity index (χ0v) is 10.5. The van der Waals surface area contributed by atoms with Gasteiger partial charge in [-0.2, -0.15) is 0 Å². The molecule has 0 radical (unpaired) electrons. The van der Waals surface area contributed by atoms with Gasteiger partial charge in [-0.15, -0.1) is 10.2 Å². The molecule has 0 aliphatic heterocycles. The molecule has 7 nitrogen and oxygen atoms in total. The van der Waals surface area contributed by atoms with Crippen LogP contribution in [-0.2, 0) is 27.8 Å². The van der Waals surface area contributed by atoms with Crippen molar-refractivity contribution in [1.29, 1.82) is 0 Å². The van der Waals surface area contributed by atoms with Gasteiger partial charge in [0.15, 0.2) is 5.16 Å². The maximum atomic E-state index is 11.0. The summed E-state index contributed by atoms with van der Waals surface area (Å²) in [6.07, 6.45) is 0.672. The van der Waals surface area contributed by atoms with E-state index < -0.39 is 0 Å². The summed E-state index contributed by atoms with van der Waals surface area (Å²) in [6, 6.07) is 0. The molecule has 0 spiro atoms. The molecule has 17 heavy (non-hydrogen) atoms. The van der Waals surface area contributed by atoms with Crippen molar-refractivity contribution in [3.05, 3.63) is 5.82 Å². The van der Waals surface area contributed by atoms with Crippen LogP contribution in [0.25, 0.3) is 0 Å². The second kappa shape index (κ2) is 6.24. The van der Waals surface area contributed by atoms with Gasteiger partial charge >= 0.3 is 5.97 Å². The number of hydrogen-bond acceptors (Lipinski definition) is 6. The number of carbonyl (C=O) groups excluding carboxylic acids is 2. The highest BCUT2D eigenvalue weighted by Crippen LogP contribution is 2.16. The smallest absolute Gasteiger partial charge is 0.316 e. The number of aromatic nitrogens is 3. The first-order valence-corrected chi connectivity index (χ1v) is 5.89. The third-order valence-corrected chi connectivity index (χ3v) is 3.06. The fourth-order valence-electron chi connectivity index (χ4n) is 1.11. The van der Waals surface area contributed by atoms with E-state index in [1.807, 2.05) is 0 Å². The highest BCUT2D eigenvalue weighted by molar-refractivity contribution is 7.99. The molecule has 0 saturated carbocycles. The lowest BCUT2D eigenvalue weighted by Crippen LogP contribution is -2.13. The predicted molar refractivity (Wildman–Crippen MR) is 61.3 cm³/mol. The minimum Gasteiger partial charge on any atom is -0.468 e. The van der Waals surface area contributed by atoms with Crippen molar-refractivity contribution in [3.63, 3.8) is 0 Å². The first kappa shape index (κ1) is 13.5. The Morgan fingerprint density at radius 2 is 2.18 bits per heavy atom. The Balaban J connectivity index is 2.57. The van der Waals surface area contributed by atoms with E-state index in [-0.39, 0.29) is 24.1 Å². The number of ether oxygens (including phenoxy) is 1. The molecule has 0 aromatic carbocycles. The zero-order valence-electron chi connectivity index (χ0n) is 9.67. The van der Waals surface area contributed by atoms with E-state index >= 15 is 0 Å². The van der Waals surface area contributed by atoms with E-state index in [0.717, 1.165) is 0 Å². The average Bonchev–Trinajstić information content (AvgIpc) is 2.64. The number of amides is 1. The average molecular weight is 258 g/mol. The molecule has 0 saturated heterocycles. The Morgan fingerprint density at radius 3 is 2.76 bits per heavy atom. The molecule has 1 aromatic heterocycles. The van der Waals surface area contributed by atoms with Gasteiger partial charge in [0, 0.05) is 19.9 Å². The Morgan fingerprint density at radius 1 is 1.47 bits per heavy atom. The molecule has 0 unspecified atom stereocenters. The number of carbonyl (C=O) groups is 2. The van der Waals surface area contributed by atoms with E-state index in [1.54, 1.807) is 11.6 Å². The van der Waals surface area contributed by atoms with Crippen LogP contribution < -0.4 is 5.73 Å². The summed E-state index contributed by atoms with van der Waals surface area (Å²) >= 11 is 1.23. The molecular weight excluding hydrogens is 244 g/mol. The van der Waals surface area contributed by atoms with Crippen LogP contribution in [0, 0.1) is 0 Å². The van der Waals surface area contributed by atoms with Crippen molar-refractivity contribution in [3.8, 4) is 0 Å². The third-order valence-electron chi connectivity index (χ3n) is 2.07. The van der Waals surface area contributed by atoms with Crippen LogP contribution in [0.4, 0.5) is 0 Å². The monoisotopic (exact) mass is 258 g/mol. The fourth-order valence-corrected chi connectivity index (χ4v) is 1.87. The van der Waals surface area contributed by atoms with Crippen molar-refractivity contribution in [2.45, 2.75) is 18.0 Å². The van der Waals surface area contributed by atoms with Crippen molar-refractivity contribution >= 4 is 23.6 Å². The number of hydrogen-bond donors (Lipinski definition) is 1. The van der Waals surface area contributed by atoms with Gasteiger partial charge in [0.2, 0.25) is 5.91 Å². The van der Waals surface area contributed by atoms with Crippen LogP contribution in [0.1, 0.15) is 12.2 Å². The number of rotatable bonds is 6. The van der Waals surface area contributed by atoms with E-state index in [0.29, 0.717) is 17.4 Å². The van der Waals surface area contributed by atoms with Crippen LogP contribution >= 0.6 is 11.8 Å². The second-order valence-electron chi connectivity index (χ2n) is 3.29. The van der Waals surface area contributed by atoms with Gasteiger partial charge in [0.1, 0.15) is 5.82 Å². The van der Waals surface area contributed by atoms with Crippen LogP contribution in [0.3, 0.4) is 0 Å². The normalized spacial score (nSPS) is 10.2. The van der Waals surface area contributed by atoms with Gasteiger partial charge in [-0.05, 0) is 0 Å². The molecular formula is C9H14N4O3S. The van der Waals surface area contributed by atoms with Crippen molar-refractivity contribution in [2.75, 3.05) is 12.9 Å². The minimum atomic E-state index is -0.378. The number of aryl methyl sites for hydroxylation is 1. The summed E-state index contributed by atoms with van der Waals surface area (Å²) < 4.78 is 6.25. The fraction of sp³-hybridized carbons (Fsp3) is 0.556. The third kappa shape index (κ3) is 4.06. The van der Waals surface area contributed by atoms with Gasteiger partial charge in [-0.3, -0.25) is 9.59 Å². The molecule has 2 N–H and O–H groups in total. The zero-order chi connectivity index (χ0) is 12.8. The first-order valence-electron chi connectivity index (χ1n) is 4.90. The van der Waals surface area contributed by atoms with Crippen molar-refractivity contribution in [1.82, 2.24) is 14.8 Å². The van der Waals surface area contributed by atoms with E-state index in [2.05, 4.69) is 14.9 Å². The lowest BCUT2D eigenvalue weighted by atomic mass is 10.3. The standard InChI is InChI=1S/C9H14N4O3S/c1-13-7(4-3-6(10)14)11-12-9(13)17-5-8(15)16-2/h3-5H2,1-2H3,(H2,10,14). The van der Waals surface area contributed by atoms with Gasteiger partial charge in [0.05, 0.1) is 12.9 Å². The number of primary amides is 1. The molecule has 0 aliphatic carbocycles. The largest absolute Gasteiger partial charge is 0.468 e. The highest BCUT2D eigenvalue weighted by atomic mass is 32.2. The second-order valence-corrected chi connectivity index (χ2v) is 4.23. The molecule has 0 aliphatic rings. The molecule has 1 amide bonds. The topological polar surface area (TPSA) is 100 Å². The van der Waals surface area contributed by atoms with Crippen LogP contribution in [-0.4, -0.2) is 39.5 Å². The maximum absolute atomic E-state index is 11.0. The lowest BCUT2D eigenvalue weighted by Gasteiger charge is -2.02. The Bertz CT molecular complexity index is 418. The van der Waals surface area contributed by atoms with E-state index in [4.69, 9.17) is 5.73 Å². The van der Waals surface area contributed by atoms with Gasteiger partial charge in [0.25, 0.3) is 0 Å². The minimum absolute atomic E-state index is 0.179. The Hall–Kier alpha value is -1.57. The summed E-state index contributed by atoms with van der Waals surface area (Å²) in [5, 5.41) is 8.45. The van der Waals surface area contributed by atoms with Gasteiger partial charge < -0.3 is 15.0 Å². The summed E-state index contributed by atoms with van der Waals surface area (Å²) in [4.78, 5) is 21.6. The van der Waals surface area contributed by atoms with Gasteiger partial charge in [-0.25, -0.2) is 0 Å². The van der Waals surface area contributed by atoms with Gasteiger partial charge in [-0.1, -0.05) is 11.8 Å². The van der Waals surface area contributed by atoms with E-state index in [9.17, 15) is 9.59 Å². The maximum Gasteiger partial charge on any atom is 0.316 e. The molecule has 0 fully saturated rings. The molecule has 94 valence electrons.